The summed E-state index contributed by atoms with van der Waals surface area (Å²) < 4.78 is 26.2. The van der Waals surface area contributed by atoms with Crippen molar-refractivity contribution in [2.75, 3.05) is 6.61 Å². The van der Waals surface area contributed by atoms with Crippen LogP contribution < -0.4 is 0 Å². The molecule has 0 spiro atoms. The summed E-state index contributed by atoms with van der Waals surface area (Å²) in [7, 11) is 0. The van der Waals surface area contributed by atoms with Crippen molar-refractivity contribution in [2.45, 2.75) is 31.9 Å². The van der Waals surface area contributed by atoms with Crippen LogP contribution in [0, 0.1) is 0 Å². The van der Waals surface area contributed by atoms with Gasteiger partial charge in [-0.15, -0.1) is 0 Å². The third-order valence-corrected chi connectivity index (χ3v) is 2.18. The molecule has 1 atom stereocenters. The Balaban J connectivity index is 2.61. The molecule has 0 radical (unpaired) electrons. The van der Waals surface area contributed by atoms with Crippen LogP contribution in [0.25, 0.3) is 0 Å². The Bertz CT molecular complexity index is 241. The highest BCUT2D eigenvalue weighted by atomic mass is 19.2. The Morgan fingerprint density at radius 1 is 1.54 bits per heavy atom. The van der Waals surface area contributed by atoms with E-state index in [2.05, 4.69) is 0 Å². The molecular formula is C10H14F2O. The molecule has 1 N–H and O–H groups in total. The van der Waals surface area contributed by atoms with Gasteiger partial charge in [0.2, 0.25) is 0 Å². The summed E-state index contributed by atoms with van der Waals surface area (Å²) in [5.41, 5.74) is -0.986. The summed E-state index contributed by atoms with van der Waals surface area (Å²) in [6.07, 6.45) is 4.13. The summed E-state index contributed by atoms with van der Waals surface area (Å²) in [5, 5.41) is 8.57. The summed E-state index contributed by atoms with van der Waals surface area (Å²) >= 11 is 0. The second-order valence-electron chi connectivity index (χ2n) is 3.54. The van der Waals surface area contributed by atoms with Gasteiger partial charge in [0.1, 0.15) is 5.83 Å². The fourth-order valence-corrected chi connectivity index (χ4v) is 1.41. The molecule has 0 bridgehead atoms. The maximum atomic E-state index is 13.4. The van der Waals surface area contributed by atoms with Gasteiger partial charge >= 0.3 is 0 Å². The predicted molar refractivity (Wildman–Crippen MR) is 47.7 cm³/mol. The molecular weight excluding hydrogens is 174 g/mol. The minimum atomic E-state index is -1.85. The van der Waals surface area contributed by atoms with Crippen LogP contribution in [0.15, 0.2) is 23.6 Å². The quantitative estimate of drug-likeness (QED) is 0.721. The zero-order chi connectivity index (χ0) is 9.90. The maximum absolute atomic E-state index is 13.4. The molecule has 1 aliphatic carbocycles. The Labute approximate surface area is 76.8 Å². The summed E-state index contributed by atoms with van der Waals surface area (Å²) in [6.45, 7) is 1.33. The summed E-state index contributed by atoms with van der Waals surface area (Å²) in [6, 6.07) is 0. The average Bonchev–Trinajstić information content (AvgIpc) is 2.07. The zero-order valence-corrected chi connectivity index (χ0v) is 7.69. The number of hydrogen-bond acceptors (Lipinski definition) is 1. The molecule has 1 aliphatic rings. The molecule has 0 aromatic carbocycles. The Morgan fingerprint density at radius 2 is 2.23 bits per heavy atom. The number of hydrogen-bond donors (Lipinski definition) is 1. The largest absolute Gasteiger partial charge is 0.396 e. The molecule has 0 amide bonds. The Kier molecular flexibility index (Phi) is 3.20. The van der Waals surface area contributed by atoms with Crippen molar-refractivity contribution in [3.63, 3.8) is 0 Å². The van der Waals surface area contributed by atoms with Crippen LogP contribution in [0.1, 0.15) is 26.2 Å². The van der Waals surface area contributed by atoms with Gasteiger partial charge in [-0.25, -0.2) is 8.78 Å². The molecule has 0 heterocycles. The van der Waals surface area contributed by atoms with Gasteiger partial charge in [-0.3, -0.25) is 0 Å². The van der Waals surface area contributed by atoms with E-state index in [4.69, 9.17) is 5.11 Å². The molecule has 0 aromatic rings. The van der Waals surface area contributed by atoms with Gasteiger partial charge in [0.05, 0.1) is 0 Å². The second kappa shape index (κ2) is 4.01. The van der Waals surface area contributed by atoms with Crippen molar-refractivity contribution >= 4 is 0 Å². The van der Waals surface area contributed by atoms with Crippen molar-refractivity contribution in [3.8, 4) is 0 Å². The number of alkyl halides is 1. The molecule has 3 heteroatoms. The van der Waals surface area contributed by atoms with E-state index >= 15 is 0 Å². The van der Waals surface area contributed by atoms with Crippen molar-refractivity contribution in [2.24, 2.45) is 0 Å². The second-order valence-corrected chi connectivity index (χ2v) is 3.54. The molecule has 74 valence electrons. The van der Waals surface area contributed by atoms with Crippen LogP contribution in [-0.4, -0.2) is 17.4 Å². The van der Waals surface area contributed by atoms with E-state index in [9.17, 15) is 8.78 Å². The molecule has 0 saturated carbocycles. The molecule has 1 unspecified atom stereocenters. The molecule has 0 fully saturated rings. The minimum absolute atomic E-state index is 0.0898. The van der Waals surface area contributed by atoms with Crippen molar-refractivity contribution in [1.82, 2.24) is 0 Å². The highest BCUT2D eigenvalue weighted by Gasteiger charge is 2.32. The van der Waals surface area contributed by atoms with Gasteiger partial charge in [-0.1, -0.05) is 11.6 Å². The Hall–Kier alpha value is -0.700. The van der Waals surface area contributed by atoms with Gasteiger partial charge in [-0.05, 0) is 25.8 Å². The van der Waals surface area contributed by atoms with E-state index in [0.29, 0.717) is 12.8 Å². The lowest BCUT2D eigenvalue weighted by atomic mass is 9.90. The first-order valence-electron chi connectivity index (χ1n) is 4.42. The lowest BCUT2D eigenvalue weighted by molar-refractivity contribution is 0.192. The molecule has 0 saturated heterocycles. The number of allylic oxidation sites excluding steroid dienone is 4. The number of aliphatic hydroxyl groups is 1. The van der Waals surface area contributed by atoms with E-state index in [0.717, 1.165) is 5.57 Å². The number of rotatable bonds is 3. The first kappa shape index (κ1) is 10.4. The normalized spacial score (nSPS) is 28.3. The van der Waals surface area contributed by atoms with E-state index in [1.165, 1.54) is 13.0 Å². The zero-order valence-electron chi connectivity index (χ0n) is 7.69. The standard InChI is InChI=1S/C10H14F2O/c1-10(12)7-8(3-2-6-13)4-5-9(10)11/h4-5,13H,2-3,6-7H2,1H3. The van der Waals surface area contributed by atoms with Gasteiger partial charge in [0.25, 0.3) is 0 Å². The first-order valence-corrected chi connectivity index (χ1v) is 4.42. The number of halogens is 2. The van der Waals surface area contributed by atoms with E-state index in [1.807, 2.05) is 0 Å². The monoisotopic (exact) mass is 188 g/mol. The number of aliphatic hydroxyl groups excluding tert-OH is 1. The van der Waals surface area contributed by atoms with Crippen LogP contribution in [-0.2, 0) is 0 Å². The van der Waals surface area contributed by atoms with Gasteiger partial charge in [-0.2, -0.15) is 0 Å². The van der Waals surface area contributed by atoms with Crippen LogP contribution in [0.4, 0.5) is 8.78 Å². The van der Waals surface area contributed by atoms with Crippen LogP contribution in [0.3, 0.4) is 0 Å². The smallest absolute Gasteiger partial charge is 0.162 e. The molecule has 0 aliphatic heterocycles. The minimum Gasteiger partial charge on any atom is -0.396 e. The van der Waals surface area contributed by atoms with E-state index in [-0.39, 0.29) is 13.0 Å². The van der Waals surface area contributed by atoms with Crippen molar-refractivity contribution in [3.05, 3.63) is 23.6 Å². The van der Waals surface area contributed by atoms with Gasteiger partial charge in [0, 0.05) is 13.0 Å². The third-order valence-electron chi connectivity index (χ3n) is 2.18. The lowest BCUT2D eigenvalue weighted by Gasteiger charge is -2.23. The fourth-order valence-electron chi connectivity index (χ4n) is 1.41. The van der Waals surface area contributed by atoms with Crippen molar-refractivity contribution in [1.29, 1.82) is 0 Å². The van der Waals surface area contributed by atoms with Crippen LogP contribution >= 0.6 is 0 Å². The van der Waals surface area contributed by atoms with Crippen LogP contribution in [0.2, 0.25) is 0 Å². The van der Waals surface area contributed by atoms with E-state index < -0.39 is 11.5 Å². The average molecular weight is 188 g/mol. The molecule has 13 heavy (non-hydrogen) atoms. The highest BCUT2D eigenvalue weighted by molar-refractivity contribution is 5.28. The molecule has 1 rings (SSSR count). The maximum Gasteiger partial charge on any atom is 0.162 e. The SMILES string of the molecule is CC1(F)CC(CCCO)=CC=C1F. The van der Waals surface area contributed by atoms with Gasteiger partial charge < -0.3 is 5.11 Å². The van der Waals surface area contributed by atoms with Gasteiger partial charge in [0.15, 0.2) is 5.67 Å². The third kappa shape index (κ3) is 2.62. The summed E-state index contributed by atoms with van der Waals surface area (Å²) in [5.74, 6) is -0.708. The Morgan fingerprint density at radius 3 is 2.77 bits per heavy atom. The predicted octanol–water partition coefficient (Wildman–Crippen LogP) is 2.67. The lowest BCUT2D eigenvalue weighted by Crippen LogP contribution is -2.22. The fraction of sp³-hybridized carbons (Fsp3) is 0.600. The van der Waals surface area contributed by atoms with Crippen molar-refractivity contribution < 1.29 is 13.9 Å². The topological polar surface area (TPSA) is 20.2 Å². The highest BCUT2D eigenvalue weighted by Crippen LogP contribution is 2.34. The van der Waals surface area contributed by atoms with E-state index in [1.54, 1.807) is 6.08 Å². The van der Waals surface area contributed by atoms with Crippen LogP contribution in [0.5, 0.6) is 0 Å². The molecule has 0 aromatic heterocycles. The molecule has 1 nitrogen and oxygen atoms in total. The summed E-state index contributed by atoms with van der Waals surface area (Å²) in [4.78, 5) is 0. The first-order chi connectivity index (χ1) is 6.06.